The highest BCUT2D eigenvalue weighted by atomic mass is 19.1. The molecule has 0 spiro atoms. The number of para-hydroxylation sites is 1. The Hall–Kier alpha value is -2.53. The molecule has 3 N–H and O–H groups in total. The highest BCUT2D eigenvalue weighted by Gasteiger charge is 2.09. The van der Waals surface area contributed by atoms with Crippen molar-refractivity contribution in [3.05, 3.63) is 53.8 Å². The maximum Gasteiger partial charge on any atom is 0.162 e. The van der Waals surface area contributed by atoms with Crippen LogP contribution in [0.2, 0.25) is 0 Å². The summed E-state index contributed by atoms with van der Waals surface area (Å²) < 4.78 is 13.5. The van der Waals surface area contributed by atoms with E-state index in [0.717, 1.165) is 16.5 Å². The molecule has 0 bridgehead atoms. The lowest BCUT2D eigenvalue weighted by Gasteiger charge is -2.08. The van der Waals surface area contributed by atoms with Crippen LogP contribution in [0.4, 0.5) is 10.2 Å². The van der Waals surface area contributed by atoms with Gasteiger partial charge in [0.15, 0.2) is 11.6 Å². The average molecular weight is 268 g/mol. The Balaban J connectivity index is 2.26. The van der Waals surface area contributed by atoms with E-state index < -0.39 is 0 Å². The first-order chi connectivity index (χ1) is 9.67. The zero-order chi connectivity index (χ0) is 14.1. The highest BCUT2D eigenvalue weighted by molar-refractivity contribution is 5.90. The first-order valence-corrected chi connectivity index (χ1v) is 6.18. The van der Waals surface area contributed by atoms with Crippen LogP contribution in [0.1, 0.15) is 5.56 Å². The highest BCUT2D eigenvalue weighted by Crippen LogP contribution is 2.25. The Bertz CT molecular complexity index is 766. The number of rotatable bonds is 2. The second-order valence-electron chi connectivity index (χ2n) is 4.57. The number of fused-ring (bicyclic) bond motifs is 1. The third-order valence-electron chi connectivity index (χ3n) is 3.04. The molecule has 0 unspecified atom stereocenters. The molecule has 100 valence electrons. The number of nitrogens with zero attached hydrogens (tertiary/aromatic N) is 2. The fourth-order valence-electron chi connectivity index (χ4n) is 2.18. The van der Waals surface area contributed by atoms with Crippen LogP contribution < -0.4 is 11.3 Å². The molecule has 20 heavy (non-hydrogen) atoms. The number of aromatic nitrogens is 2. The topological polar surface area (TPSA) is 63.8 Å². The van der Waals surface area contributed by atoms with Crippen molar-refractivity contribution in [1.29, 1.82) is 0 Å². The van der Waals surface area contributed by atoms with Crippen molar-refractivity contribution in [3.8, 4) is 11.4 Å². The predicted molar refractivity (Wildman–Crippen MR) is 77.5 cm³/mol. The van der Waals surface area contributed by atoms with Crippen molar-refractivity contribution in [2.45, 2.75) is 6.92 Å². The lowest BCUT2D eigenvalue weighted by atomic mass is 10.1. The first kappa shape index (κ1) is 12.5. The largest absolute Gasteiger partial charge is 0.308 e. The van der Waals surface area contributed by atoms with Crippen molar-refractivity contribution in [2.75, 3.05) is 5.43 Å². The van der Waals surface area contributed by atoms with Crippen molar-refractivity contribution >= 4 is 16.7 Å². The smallest absolute Gasteiger partial charge is 0.162 e. The molecule has 4 nitrogen and oxygen atoms in total. The van der Waals surface area contributed by atoms with Crippen LogP contribution in [0, 0.1) is 12.7 Å². The maximum atomic E-state index is 13.5. The van der Waals surface area contributed by atoms with Gasteiger partial charge in [-0.2, -0.15) is 0 Å². The minimum absolute atomic E-state index is 0.306. The molecule has 3 rings (SSSR count). The van der Waals surface area contributed by atoms with Crippen molar-refractivity contribution in [3.63, 3.8) is 0 Å². The van der Waals surface area contributed by atoms with Gasteiger partial charge < -0.3 is 5.43 Å². The molecule has 3 aromatic rings. The first-order valence-electron chi connectivity index (χ1n) is 6.18. The van der Waals surface area contributed by atoms with Crippen LogP contribution >= 0.6 is 0 Å². The SMILES string of the molecule is Cc1cc(F)cc(-c2nc(NN)c3ccccc3n2)c1. The van der Waals surface area contributed by atoms with Gasteiger partial charge in [0, 0.05) is 10.9 Å². The summed E-state index contributed by atoms with van der Waals surface area (Å²) in [6.07, 6.45) is 0. The Morgan fingerprint density at radius 3 is 2.65 bits per heavy atom. The molecule has 0 aliphatic rings. The standard InChI is InChI=1S/C15H13FN4/c1-9-6-10(8-11(16)7-9)14-18-13-5-3-2-4-12(13)15(19-14)20-17/h2-8H,17H2,1H3,(H,18,19,20). The molecule has 0 amide bonds. The van der Waals surface area contributed by atoms with Crippen LogP contribution in [0.5, 0.6) is 0 Å². The lowest BCUT2D eigenvalue weighted by molar-refractivity contribution is 0.627. The summed E-state index contributed by atoms with van der Waals surface area (Å²) in [6, 6.07) is 12.2. The predicted octanol–water partition coefficient (Wildman–Crippen LogP) is 3.03. The minimum atomic E-state index is -0.306. The van der Waals surface area contributed by atoms with Gasteiger partial charge in [0.1, 0.15) is 5.82 Å². The molecule has 0 aliphatic heterocycles. The fourth-order valence-corrected chi connectivity index (χ4v) is 2.18. The van der Waals surface area contributed by atoms with Crippen molar-refractivity contribution in [1.82, 2.24) is 9.97 Å². The monoisotopic (exact) mass is 268 g/mol. The van der Waals surface area contributed by atoms with E-state index in [1.165, 1.54) is 12.1 Å². The Morgan fingerprint density at radius 2 is 1.90 bits per heavy atom. The summed E-state index contributed by atoms with van der Waals surface area (Å²) in [5, 5.41) is 0.826. The molecule has 0 saturated carbocycles. The zero-order valence-electron chi connectivity index (χ0n) is 10.9. The number of anilines is 1. The number of hydrogen-bond acceptors (Lipinski definition) is 4. The van der Waals surface area contributed by atoms with Crippen LogP contribution in [0.3, 0.4) is 0 Å². The molecule has 0 fully saturated rings. The van der Waals surface area contributed by atoms with Crippen LogP contribution in [-0.4, -0.2) is 9.97 Å². The van der Waals surface area contributed by atoms with Gasteiger partial charge in [-0.25, -0.2) is 20.2 Å². The van der Waals surface area contributed by atoms with Gasteiger partial charge in [-0.1, -0.05) is 12.1 Å². The number of nitrogens with two attached hydrogens (primary N) is 1. The van der Waals surface area contributed by atoms with Gasteiger partial charge in [0.25, 0.3) is 0 Å². The average Bonchev–Trinajstić information content (AvgIpc) is 2.45. The van der Waals surface area contributed by atoms with E-state index in [1.54, 1.807) is 0 Å². The second-order valence-corrected chi connectivity index (χ2v) is 4.57. The lowest BCUT2D eigenvalue weighted by Crippen LogP contribution is -2.10. The molecule has 1 heterocycles. The number of hydrogen-bond donors (Lipinski definition) is 2. The van der Waals surface area contributed by atoms with Crippen molar-refractivity contribution in [2.24, 2.45) is 5.84 Å². The molecule has 2 aromatic carbocycles. The third-order valence-corrected chi connectivity index (χ3v) is 3.04. The van der Waals surface area contributed by atoms with E-state index in [0.29, 0.717) is 17.2 Å². The molecule has 0 atom stereocenters. The van der Waals surface area contributed by atoms with E-state index in [2.05, 4.69) is 15.4 Å². The fraction of sp³-hybridized carbons (Fsp3) is 0.0667. The molecule has 5 heteroatoms. The number of hydrazine groups is 1. The summed E-state index contributed by atoms with van der Waals surface area (Å²) >= 11 is 0. The zero-order valence-corrected chi connectivity index (χ0v) is 10.9. The van der Waals surface area contributed by atoms with E-state index in [-0.39, 0.29) is 5.82 Å². The molecular formula is C15H13FN4. The summed E-state index contributed by atoms with van der Waals surface area (Å²) in [5.41, 5.74) is 4.77. The third kappa shape index (κ3) is 2.19. The number of nitrogen functional groups attached to an aromatic ring is 1. The van der Waals surface area contributed by atoms with E-state index in [1.807, 2.05) is 37.3 Å². The van der Waals surface area contributed by atoms with E-state index in [9.17, 15) is 4.39 Å². The Morgan fingerprint density at radius 1 is 1.10 bits per heavy atom. The number of halogens is 1. The van der Waals surface area contributed by atoms with Crippen LogP contribution in [-0.2, 0) is 0 Å². The van der Waals surface area contributed by atoms with Gasteiger partial charge in [-0.05, 0) is 42.8 Å². The number of aryl methyl sites for hydroxylation is 1. The Labute approximate surface area is 115 Å². The quantitative estimate of drug-likeness (QED) is 0.554. The summed E-state index contributed by atoms with van der Waals surface area (Å²) in [4.78, 5) is 8.82. The number of nitrogens with one attached hydrogen (secondary N) is 1. The second kappa shape index (κ2) is 4.86. The van der Waals surface area contributed by atoms with Crippen LogP contribution in [0.15, 0.2) is 42.5 Å². The van der Waals surface area contributed by atoms with Crippen LogP contribution in [0.25, 0.3) is 22.3 Å². The molecule has 0 saturated heterocycles. The van der Waals surface area contributed by atoms with Crippen molar-refractivity contribution < 1.29 is 4.39 Å². The summed E-state index contributed by atoms with van der Waals surface area (Å²) in [5.74, 6) is 6.17. The minimum Gasteiger partial charge on any atom is -0.308 e. The van der Waals surface area contributed by atoms with E-state index in [4.69, 9.17) is 5.84 Å². The Kier molecular flexibility index (Phi) is 3.04. The van der Waals surface area contributed by atoms with Gasteiger partial charge in [-0.15, -0.1) is 0 Å². The molecule has 0 radical (unpaired) electrons. The van der Waals surface area contributed by atoms with Gasteiger partial charge >= 0.3 is 0 Å². The molecular weight excluding hydrogens is 255 g/mol. The number of benzene rings is 2. The normalized spacial score (nSPS) is 10.8. The maximum absolute atomic E-state index is 13.5. The van der Waals surface area contributed by atoms with Gasteiger partial charge in [0.2, 0.25) is 0 Å². The van der Waals surface area contributed by atoms with Gasteiger partial charge in [0.05, 0.1) is 5.52 Å². The summed E-state index contributed by atoms with van der Waals surface area (Å²) in [6.45, 7) is 1.83. The van der Waals surface area contributed by atoms with E-state index >= 15 is 0 Å². The van der Waals surface area contributed by atoms with Gasteiger partial charge in [-0.3, -0.25) is 0 Å². The molecule has 1 aromatic heterocycles. The summed E-state index contributed by atoms with van der Waals surface area (Å²) in [7, 11) is 0. The molecule has 0 aliphatic carbocycles.